The lowest BCUT2D eigenvalue weighted by molar-refractivity contribution is -0.116. The Morgan fingerprint density at radius 3 is 2.48 bits per heavy atom. The van der Waals surface area contributed by atoms with E-state index in [-0.39, 0.29) is 12.5 Å². The standard InChI is InChI=1S/C21H15F2N3O/c22-16-10-19-20(11-17(16)23)26(13-24-19)12-21(27)25-18-9-5-4-8-15(18)14-6-2-1-3-7-14/h1-11,13H,12H2,(H,25,27). The number of halogens is 2. The molecule has 0 spiro atoms. The number of carbonyl (C=O) groups excluding carboxylic acids is 1. The number of para-hydroxylation sites is 1. The van der Waals surface area contributed by atoms with Gasteiger partial charge in [0.15, 0.2) is 11.6 Å². The summed E-state index contributed by atoms with van der Waals surface area (Å²) < 4.78 is 28.3. The summed E-state index contributed by atoms with van der Waals surface area (Å²) in [6.07, 6.45) is 1.40. The molecular weight excluding hydrogens is 348 g/mol. The first kappa shape index (κ1) is 16.9. The molecule has 27 heavy (non-hydrogen) atoms. The van der Waals surface area contributed by atoms with Gasteiger partial charge in [-0.1, -0.05) is 48.5 Å². The largest absolute Gasteiger partial charge is 0.324 e. The van der Waals surface area contributed by atoms with Crippen molar-refractivity contribution in [2.45, 2.75) is 6.54 Å². The lowest BCUT2D eigenvalue weighted by Gasteiger charge is -2.12. The summed E-state index contributed by atoms with van der Waals surface area (Å²) in [6, 6.07) is 19.3. The van der Waals surface area contributed by atoms with Crippen molar-refractivity contribution in [3.63, 3.8) is 0 Å². The normalized spacial score (nSPS) is 10.9. The fourth-order valence-corrected chi connectivity index (χ4v) is 2.99. The molecule has 4 nitrogen and oxygen atoms in total. The third-order valence-corrected chi connectivity index (χ3v) is 4.26. The molecule has 0 aliphatic rings. The summed E-state index contributed by atoms with van der Waals surface area (Å²) in [5, 5.41) is 2.88. The minimum absolute atomic E-state index is 0.0648. The van der Waals surface area contributed by atoms with Gasteiger partial charge in [0.05, 0.1) is 17.4 Å². The first-order valence-corrected chi connectivity index (χ1v) is 8.36. The first-order chi connectivity index (χ1) is 13.1. The molecule has 1 amide bonds. The van der Waals surface area contributed by atoms with Gasteiger partial charge in [0.25, 0.3) is 0 Å². The molecule has 1 N–H and O–H groups in total. The van der Waals surface area contributed by atoms with Gasteiger partial charge in [-0.25, -0.2) is 13.8 Å². The molecule has 1 aromatic heterocycles. The van der Waals surface area contributed by atoms with Crippen molar-refractivity contribution in [3.05, 3.63) is 84.7 Å². The van der Waals surface area contributed by atoms with Crippen molar-refractivity contribution >= 4 is 22.6 Å². The molecule has 1 heterocycles. The molecule has 3 aromatic carbocycles. The van der Waals surface area contributed by atoms with Crippen molar-refractivity contribution in [1.29, 1.82) is 0 Å². The van der Waals surface area contributed by atoms with Gasteiger partial charge in [-0.3, -0.25) is 4.79 Å². The van der Waals surface area contributed by atoms with Crippen LogP contribution in [0.1, 0.15) is 0 Å². The molecule has 0 aliphatic heterocycles. The van der Waals surface area contributed by atoms with Crippen LogP contribution >= 0.6 is 0 Å². The summed E-state index contributed by atoms with van der Waals surface area (Å²) in [5.41, 5.74) is 3.22. The number of carbonyl (C=O) groups is 1. The van der Waals surface area contributed by atoms with E-state index in [0.29, 0.717) is 16.7 Å². The van der Waals surface area contributed by atoms with Gasteiger partial charge in [0.1, 0.15) is 6.54 Å². The van der Waals surface area contributed by atoms with Crippen LogP contribution in [0.3, 0.4) is 0 Å². The Morgan fingerprint density at radius 2 is 1.67 bits per heavy atom. The lowest BCUT2D eigenvalue weighted by Crippen LogP contribution is -2.18. The van der Waals surface area contributed by atoms with Crippen LogP contribution in [0.5, 0.6) is 0 Å². The number of hydrogen-bond donors (Lipinski definition) is 1. The average molecular weight is 363 g/mol. The Hall–Kier alpha value is -3.54. The van der Waals surface area contributed by atoms with Gasteiger partial charge in [0.2, 0.25) is 5.91 Å². The second kappa shape index (κ2) is 6.99. The van der Waals surface area contributed by atoms with E-state index in [1.165, 1.54) is 10.9 Å². The molecule has 0 atom stereocenters. The number of benzene rings is 3. The summed E-state index contributed by atoms with van der Waals surface area (Å²) in [5.74, 6) is -2.23. The molecule has 0 unspecified atom stereocenters. The van der Waals surface area contributed by atoms with Crippen LogP contribution in [-0.4, -0.2) is 15.5 Å². The molecule has 0 fully saturated rings. The molecule has 4 rings (SSSR count). The third kappa shape index (κ3) is 3.42. The van der Waals surface area contributed by atoms with E-state index in [2.05, 4.69) is 10.3 Å². The quantitative estimate of drug-likeness (QED) is 0.575. The highest BCUT2D eigenvalue weighted by molar-refractivity contribution is 5.96. The number of hydrogen-bond acceptors (Lipinski definition) is 2. The van der Waals surface area contributed by atoms with Gasteiger partial charge in [-0.15, -0.1) is 0 Å². The number of aromatic nitrogens is 2. The third-order valence-electron chi connectivity index (χ3n) is 4.26. The number of imidazole rings is 1. The van der Waals surface area contributed by atoms with Crippen molar-refractivity contribution in [2.24, 2.45) is 0 Å². The van der Waals surface area contributed by atoms with Gasteiger partial charge in [-0.05, 0) is 11.6 Å². The summed E-state index contributed by atoms with van der Waals surface area (Å²) in [6.45, 7) is -0.0648. The van der Waals surface area contributed by atoms with Crippen LogP contribution in [0.4, 0.5) is 14.5 Å². The highest BCUT2D eigenvalue weighted by atomic mass is 19.2. The zero-order valence-electron chi connectivity index (χ0n) is 14.2. The number of nitrogens with zero attached hydrogens (tertiary/aromatic N) is 2. The van der Waals surface area contributed by atoms with E-state index in [9.17, 15) is 13.6 Å². The van der Waals surface area contributed by atoms with E-state index >= 15 is 0 Å². The Labute approximate surface area is 154 Å². The van der Waals surface area contributed by atoms with Crippen LogP contribution in [0.15, 0.2) is 73.1 Å². The summed E-state index contributed by atoms with van der Waals surface area (Å²) in [7, 11) is 0. The minimum Gasteiger partial charge on any atom is -0.324 e. The maximum atomic E-state index is 13.5. The SMILES string of the molecule is O=C(Cn1cnc2cc(F)c(F)cc21)Nc1ccccc1-c1ccccc1. The van der Waals surface area contributed by atoms with Crippen LogP contribution in [0.25, 0.3) is 22.2 Å². The second-order valence-corrected chi connectivity index (χ2v) is 6.09. The van der Waals surface area contributed by atoms with Gasteiger partial charge >= 0.3 is 0 Å². The second-order valence-electron chi connectivity index (χ2n) is 6.09. The molecule has 0 saturated carbocycles. The molecule has 134 valence electrons. The highest BCUT2D eigenvalue weighted by Gasteiger charge is 2.13. The van der Waals surface area contributed by atoms with E-state index in [1.54, 1.807) is 0 Å². The van der Waals surface area contributed by atoms with Crippen molar-refractivity contribution in [1.82, 2.24) is 9.55 Å². The van der Waals surface area contributed by atoms with Gasteiger partial charge in [0, 0.05) is 23.4 Å². The molecular formula is C21H15F2N3O. The summed E-state index contributed by atoms with van der Waals surface area (Å²) in [4.78, 5) is 16.6. The molecule has 0 saturated heterocycles. The smallest absolute Gasteiger partial charge is 0.244 e. The maximum Gasteiger partial charge on any atom is 0.244 e. The van der Waals surface area contributed by atoms with Crippen LogP contribution in [0, 0.1) is 11.6 Å². The van der Waals surface area contributed by atoms with Crippen molar-refractivity contribution < 1.29 is 13.6 Å². The topological polar surface area (TPSA) is 46.9 Å². The number of nitrogens with one attached hydrogen (secondary N) is 1. The van der Waals surface area contributed by atoms with Crippen LogP contribution < -0.4 is 5.32 Å². The van der Waals surface area contributed by atoms with Gasteiger partial charge in [-0.2, -0.15) is 0 Å². The van der Waals surface area contributed by atoms with Crippen molar-refractivity contribution in [2.75, 3.05) is 5.32 Å². The number of amides is 1. The maximum absolute atomic E-state index is 13.5. The van der Waals surface area contributed by atoms with E-state index in [1.807, 2.05) is 54.6 Å². The minimum atomic E-state index is -0.973. The van der Waals surface area contributed by atoms with E-state index in [4.69, 9.17) is 0 Å². The van der Waals surface area contributed by atoms with E-state index in [0.717, 1.165) is 23.3 Å². The Morgan fingerprint density at radius 1 is 0.963 bits per heavy atom. The predicted octanol–water partition coefficient (Wildman–Crippen LogP) is 4.62. The average Bonchev–Trinajstić information content (AvgIpc) is 3.04. The fourth-order valence-electron chi connectivity index (χ4n) is 2.99. The Bertz CT molecular complexity index is 1120. The molecule has 6 heteroatoms. The molecule has 0 aliphatic carbocycles. The van der Waals surface area contributed by atoms with Gasteiger partial charge < -0.3 is 9.88 Å². The number of anilines is 1. The van der Waals surface area contributed by atoms with Crippen LogP contribution in [-0.2, 0) is 11.3 Å². The van der Waals surface area contributed by atoms with Crippen LogP contribution in [0.2, 0.25) is 0 Å². The first-order valence-electron chi connectivity index (χ1n) is 8.36. The molecule has 4 aromatic rings. The molecule has 0 bridgehead atoms. The highest BCUT2D eigenvalue weighted by Crippen LogP contribution is 2.27. The number of fused-ring (bicyclic) bond motifs is 1. The molecule has 0 radical (unpaired) electrons. The van der Waals surface area contributed by atoms with E-state index < -0.39 is 11.6 Å². The predicted molar refractivity (Wildman–Crippen MR) is 100 cm³/mol. The Kier molecular flexibility index (Phi) is 4.38. The monoisotopic (exact) mass is 363 g/mol. The fraction of sp³-hybridized carbons (Fsp3) is 0.0476. The zero-order valence-corrected chi connectivity index (χ0v) is 14.2. The summed E-state index contributed by atoms with van der Waals surface area (Å²) >= 11 is 0. The Balaban J connectivity index is 1.59. The lowest BCUT2D eigenvalue weighted by atomic mass is 10.0. The van der Waals surface area contributed by atoms with Crippen molar-refractivity contribution in [3.8, 4) is 11.1 Å². The zero-order chi connectivity index (χ0) is 18.8. The number of rotatable bonds is 4.